The summed E-state index contributed by atoms with van der Waals surface area (Å²) >= 11 is 0. The van der Waals surface area contributed by atoms with E-state index in [1.54, 1.807) is 0 Å². The first-order valence-electron chi connectivity index (χ1n) is 4.65. The highest BCUT2D eigenvalue weighted by Gasteiger charge is 2.40. The number of piperidine rings is 1. The van der Waals surface area contributed by atoms with Gasteiger partial charge in [-0.25, -0.2) is 0 Å². The molecule has 0 aromatic carbocycles. The van der Waals surface area contributed by atoms with Gasteiger partial charge < -0.3 is 10.1 Å². The first-order valence-corrected chi connectivity index (χ1v) is 4.65. The Labute approximate surface area is 72.5 Å². The van der Waals surface area contributed by atoms with Crippen LogP contribution in [0.3, 0.4) is 0 Å². The molecule has 0 aromatic heterocycles. The fourth-order valence-electron chi connectivity index (χ4n) is 2.11. The summed E-state index contributed by atoms with van der Waals surface area (Å²) in [6.45, 7) is 3.25. The third kappa shape index (κ3) is 1.27. The van der Waals surface area contributed by atoms with Crippen molar-refractivity contribution in [1.29, 1.82) is 0 Å². The molecule has 3 nitrogen and oxygen atoms in total. The zero-order valence-electron chi connectivity index (χ0n) is 7.27. The summed E-state index contributed by atoms with van der Waals surface area (Å²) in [4.78, 5) is 11.7. The van der Waals surface area contributed by atoms with Gasteiger partial charge in [0.15, 0.2) is 0 Å². The zero-order valence-corrected chi connectivity index (χ0v) is 7.27. The lowest BCUT2D eigenvalue weighted by atomic mass is 9.73. The SMILES string of the molecule is O=C1CCNCC12CCOCC2. The molecule has 0 atom stereocenters. The van der Waals surface area contributed by atoms with Gasteiger partial charge in [-0.05, 0) is 12.8 Å². The lowest BCUT2D eigenvalue weighted by Gasteiger charge is -2.38. The van der Waals surface area contributed by atoms with Crippen LogP contribution in [-0.2, 0) is 9.53 Å². The van der Waals surface area contributed by atoms with Crippen LogP contribution in [-0.4, -0.2) is 32.1 Å². The van der Waals surface area contributed by atoms with Gasteiger partial charge in [0, 0.05) is 38.1 Å². The number of hydrogen-bond acceptors (Lipinski definition) is 3. The number of rotatable bonds is 0. The molecule has 0 radical (unpaired) electrons. The fourth-order valence-corrected chi connectivity index (χ4v) is 2.11. The Bertz CT molecular complexity index is 177. The van der Waals surface area contributed by atoms with Crippen molar-refractivity contribution in [2.24, 2.45) is 5.41 Å². The van der Waals surface area contributed by atoms with Crippen LogP contribution >= 0.6 is 0 Å². The number of carbonyl (C=O) groups excluding carboxylic acids is 1. The van der Waals surface area contributed by atoms with Gasteiger partial charge in [0.05, 0.1) is 0 Å². The molecule has 68 valence electrons. The Morgan fingerprint density at radius 3 is 2.75 bits per heavy atom. The van der Waals surface area contributed by atoms with Crippen LogP contribution in [0.15, 0.2) is 0 Å². The van der Waals surface area contributed by atoms with Crippen LogP contribution < -0.4 is 5.32 Å². The van der Waals surface area contributed by atoms with Gasteiger partial charge in [0.1, 0.15) is 5.78 Å². The number of hydrogen-bond donors (Lipinski definition) is 1. The molecule has 2 aliphatic heterocycles. The van der Waals surface area contributed by atoms with Crippen LogP contribution in [0, 0.1) is 5.41 Å². The van der Waals surface area contributed by atoms with Gasteiger partial charge in [-0.1, -0.05) is 0 Å². The lowest BCUT2D eigenvalue weighted by Crippen LogP contribution is -2.50. The average molecular weight is 169 g/mol. The molecule has 2 aliphatic rings. The van der Waals surface area contributed by atoms with Crippen molar-refractivity contribution in [2.45, 2.75) is 19.3 Å². The second kappa shape index (κ2) is 3.15. The summed E-state index contributed by atoms with van der Waals surface area (Å²) in [6.07, 6.45) is 2.54. The number of Topliss-reactive ketones (excluding diaryl/α,β-unsaturated/α-hetero) is 1. The smallest absolute Gasteiger partial charge is 0.141 e. The van der Waals surface area contributed by atoms with Crippen molar-refractivity contribution in [3.8, 4) is 0 Å². The molecule has 2 saturated heterocycles. The van der Waals surface area contributed by atoms with E-state index in [-0.39, 0.29) is 5.41 Å². The van der Waals surface area contributed by atoms with E-state index in [1.807, 2.05) is 0 Å². The van der Waals surface area contributed by atoms with E-state index in [9.17, 15) is 4.79 Å². The normalized spacial score (nSPS) is 29.2. The Morgan fingerprint density at radius 2 is 2.08 bits per heavy atom. The molecular weight excluding hydrogens is 154 g/mol. The maximum absolute atomic E-state index is 11.7. The summed E-state index contributed by atoms with van der Waals surface area (Å²) in [5, 5.41) is 3.30. The van der Waals surface area contributed by atoms with E-state index in [1.165, 1.54) is 0 Å². The molecule has 0 unspecified atom stereocenters. The third-order valence-corrected chi connectivity index (χ3v) is 3.03. The Balaban J connectivity index is 2.09. The molecule has 0 aromatic rings. The monoisotopic (exact) mass is 169 g/mol. The molecular formula is C9H15NO2. The summed E-state index contributed by atoms with van der Waals surface area (Å²) in [6, 6.07) is 0. The fraction of sp³-hybridized carbons (Fsp3) is 0.889. The van der Waals surface area contributed by atoms with Crippen molar-refractivity contribution < 1.29 is 9.53 Å². The van der Waals surface area contributed by atoms with Crippen molar-refractivity contribution in [1.82, 2.24) is 5.32 Å². The van der Waals surface area contributed by atoms with Crippen LogP contribution in [0.5, 0.6) is 0 Å². The van der Waals surface area contributed by atoms with Crippen molar-refractivity contribution in [3.63, 3.8) is 0 Å². The van der Waals surface area contributed by atoms with Gasteiger partial charge in [-0.2, -0.15) is 0 Å². The van der Waals surface area contributed by atoms with Crippen LogP contribution in [0.1, 0.15) is 19.3 Å². The largest absolute Gasteiger partial charge is 0.381 e. The average Bonchev–Trinajstić information content (AvgIpc) is 2.12. The van der Waals surface area contributed by atoms with Crippen LogP contribution in [0.2, 0.25) is 0 Å². The number of carbonyl (C=O) groups is 1. The topological polar surface area (TPSA) is 38.3 Å². The minimum atomic E-state index is -0.0590. The number of ether oxygens (including phenoxy) is 1. The van der Waals surface area contributed by atoms with E-state index in [0.29, 0.717) is 12.2 Å². The van der Waals surface area contributed by atoms with Crippen LogP contribution in [0.4, 0.5) is 0 Å². The van der Waals surface area contributed by atoms with E-state index in [2.05, 4.69) is 5.32 Å². The Kier molecular flexibility index (Phi) is 2.15. The highest BCUT2D eigenvalue weighted by atomic mass is 16.5. The first-order chi connectivity index (χ1) is 5.83. The van der Waals surface area contributed by atoms with E-state index in [4.69, 9.17) is 4.74 Å². The van der Waals surface area contributed by atoms with Gasteiger partial charge in [-0.3, -0.25) is 4.79 Å². The molecule has 0 saturated carbocycles. The second-order valence-electron chi connectivity index (χ2n) is 3.74. The Morgan fingerprint density at radius 1 is 1.33 bits per heavy atom. The molecule has 2 rings (SSSR count). The maximum atomic E-state index is 11.7. The number of ketones is 1. The minimum Gasteiger partial charge on any atom is -0.381 e. The van der Waals surface area contributed by atoms with Gasteiger partial charge in [0.25, 0.3) is 0 Å². The molecule has 2 fully saturated rings. The van der Waals surface area contributed by atoms with Crippen molar-refractivity contribution in [3.05, 3.63) is 0 Å². The highest BCUT2D eigenvalue weighted by Crippen LogP contribution is 2.33. The summed E-state index contributed by atoms with van der Waals surface area (Å²) in [5.41, 5.74) is -0.0590. The van der Waals surface area contributed by atoms with E-state index in [0.717, 1.165) is 39.1 Å². The van der Waals surface area contributed by atoms with Gasteiger partial charge in [0.2, 0.25) is 0 Å². The molecule has 3 heteroatoms. The quantitative estimate of drug-likeness (QED) is 0.568. The predicted octanol–water partition coefficient (Wildman–Crippen LogP) is 0.346. The second-order valence-corrected chi connectivity index (χ2v) is 3.74. The van der Waals surface area contributed by atoms with Crippen LogP contribution in [0.25, 0.3) is 0 Å². The molecule has 0 amide bonds. The Hall–Kier alpha value is -0.410. The highest BCUT2D eigenvalue weighted by molar-refractivity contribution is 5.86. The molecule has 0 bridgehead atoms. The van der Waals surface area contributed by atoms with Crippen molar-refractivity contribution in [2.75, 3.05) is 26.3 Å². The maximum Gasteiger partial charge on any atom is 0.141 e. The zero-order chi connectivity index (χ0) is 8.44. The third-order valence-electron chi connectivity index (χ3n) is 3.03. The predicted molar refractivity (Wildman–Crippen MR) is 45.0 cm³/mol. The van der Waals surface area contributed by atoms with E-state index >= 15 is 0 Å². The first kappa shape index (κ1) is 8.20. The van der Waals surface area contributed by atoms with Crippen molar-refractivity contribution >= 4 is 5.78 Å². The summed E-state index contributed by atoms with van der Waals surface area (Å²) in [7, 11) is 0. The van der Waals surface area contributed by atoms with E-state index < -0.39 is 0 Å². The lowest BCUT2D eigenvalue weighted by molar-refractivity contribution is -0.136. The summed E-state index contributed by atoms with van der Waals surface area (Å²) < 4.78 is 5.27. The molecule has 1 spiro atoms. The minimum absolute atomic E-state index is 0.0590. The molecule has 0 aliphatic carbocycles. The standard InChI is InChI=1S/C9H15NO2/c11-8-1-4-10-7-9(8)2-5-12-6-3-9/h10H,1-7H2. The number of nitrogens with one attached hydrogen (secondary N) is 1. The van der Waals surface area contributed by atoms with Gasteiger partial charge in [-0.15, -0.1) is 0 Å². The van der Waals surface area contributed by atoms with Gasteiger partial charge >= 0.3 is 0 Å². The molecule has 1 N–H and O–H groups in total. The molecule has 12 heavy (non-hydrogen) atoms. The molecule has 2 heterocycles. The summed E-state index contributed by atoms with van der Waals surface area (Å²) in [5.74, 6) is 0.449.